The molecule has 0 aliphatic carbocycles. The molecule has 0 spiro atoms. The molecule has 1 fully saturated rings. The summed E-state index contributed by atoms with van der Waals surface area (Å²) in [5, 5.41) is 4.46. The highest BCUT2D eigenvalue weighted by molar-refractivity contribution is 6.31. The van der Waals surface area contributed by atoms with E-state index in [0.29, 0.717) is 11.4 Å². The number of halogens is 1. The molecule has 1 amide bonds. The van der Waals surface area contributed by atoms with E-state index in [0.717, 1.165) is 60.6 Å². The lowest BCUT2D eigenvalue weighted by Crippen LogP contribution is -2.35. The molecule has 1 saturated heterocycles. The van der Waals surface area contributed by atoms with Gasteiger partial charge in [-0.05, 0) is 29.3 Å². The molecule has 2 aromatic carbocycles. The molecule has 5 nitrogen and oxygen atoms in total. The van der Waals surface area contributed by atoms with Gasteiger partial charge in [-0.1, -0.05) is 41.9 Å². The molecule has 150 valence electrons. The highest BCUT2D eigenvalue weighted by atomic mass is 35.5. The number of amides is 1. The number of hydrogen-bond donors (Lipinski definition) is 1. The molecule has 4 rings (SSSR count). The van der Waals surface area contributed by atoms with Crippen LogP contribution in [0.1, 0.15) is 11.1 Å². The first-order chi connectivity index (χ1) is 14.1. The lowest BCUT2D eigenvalue weighted by molar-refractivity contribution is -0.119. The Morgan fingerprint density at radius 1 is 1.14 bits per heavy atom. The molecule has 1 aliphatic heterocycles. The molecule has 1 aliphatic rings. The molecule has 29 heavy (non-hydrogen) atoms. The van der Waals surface area contributed by atoms with Crippen LogP contribution in [0.5, 0.6) is 0 Å². The van der Waals surface area contributed by atoms with Crippen LogP contribution in [-0.4, -0.2) is 49.1 Å². The van der Waals surface area contributed by atoms with Crippen molar-refractivity contribution >= 4 is 28.4 Å². The number of likely N-dealkylation sites (N-methyl/N-ethyl adjacent to an activating group) is 1. The first kappa shape index (κ1) is 19.8. The quantitative estimate of drug-likeness (QED) is 0.698. The normalized spacial score (nSPS) is 14.8. The monoisotopic (exact) mass is 409 g/mol. The fourth-order valence-corrected chi connectivity index (χ4v) is 3.79. The minimum absolute atomic E-state index is 0.00372. The topological polar surface area (TPSA) is 54.5 Å². The van der Waals surface area contributed by atoms with Crippen LogP contribution in [0.4, 0.5) is 0 Å². The lowest BCUT2D eigenvalue weighted by atomic mass is 10.0. The number of ether oxygens (including phenoxy) is 1. The van der Waals surface area contributed by atoms with Crippen LogP contribution in [0, 0.1) is 0 Å². The van der Waals surface area contributed by atoms with Gasteiger partial charge in [0.15, 0.2) is 0 Å². The smallest absolute Gasteiger partial charge is 0.224 e. The van der Waals surface area contributed by atoms with E-state index in [2.05, 4.69) is 22.3 Å². The highest BCUT2D eigenvalue weighted by Gasteiger charge is 2.15. The van der Waals surface area contributed by atoms with Crippen molar-refractivity contribution in [2.75, 3.05) is 33.4 Å². The van der Waals surface area contributed by atoms with Crippen LogP contribution in [0.15, 0.2) is 48.5 Å². The molecule has 0 saturated carbocycles. The maximum Gasteiger partial charge on any atom is 0.224 e. The third-order valence-electron chi connectivity index (χ3n) is 5.25. The second-order valence-electron chi connectivity index (χ2n) is 7.26. The van der Waals surface area contributed by atoms with Gasteiger partial charge in [0.25, 0.3) is 0 Å². The number of nitrogens with zero attached hydrogens (tertiary/aromatic N) is 2. The van der Waals surface area contributed by atoms with Gasteiger partial charge in [0.05, 0.1) is 30.8 Å². The standard InChI is InChI=1S/C23H24ClN3O2/c1-25-23(28)12-16-2-4-17(5-3-16)21-13-18(15-27-8-10-29-11-9-27)20-7-6-19(24)14-22(20)26-21/h2-7,13-14H,8-12,15H2,1H3,(H,25,28). The molecule has 0 radical (unpaired) electrons. The summed E-state index contributed by atoms with van der Waals surface area (Å²) in [6.07, 6.45) is 0.375. The van der Waals surface area contributed by atoms with Crippen LogP contribution in [0.2, 0.25) is 5.02 Å². The maximum atomic E-state index is 11.6. The molecule has 1 N–H and O–H groups in total. The molecule has 2 heterocycles. The average molecular weight is 410 g/mol. The van der Waals surface area contributed by atoms with E-state index in [1.165, 1.54) is 5.56 Å². The summed E-state index contributed by atoms with van der Waals surface area (Å²) < 4.78 is 5.48. The number of benzene rings is 2. The maximum absolute atomic E-state index is 11.6. The Kier molecular flexibility index (Phi) is 6.09. The van der Waals surface area contributed by atoms with Gasteiger partial charge in [-0.3, -0.25) is 9.69 Å². The lowest BCUT2D eigenvalue weighted by Gasteiger charge is -2.27. The van der Waals surface area contributed by atoms with E-state index in [-0.39, 0.29) is 5.91 Å². The fraction of sp³-hybridized carbons (Fsp3) is 0.304. The number of carbonyl (C=O) groups excluding carboxylic acids is 1. The Labute approximate surface area is 175 Å². The minimum atomic E-state index is 0.00372. The summed E-state index contributed by atoms with van der Waals surface area (Å²) in [6.45, 7) is 4.26. The number of aromatic nitrogens is 1. The van der Waals surface area contributed by atoms with Crippen LogP contribution in [-0.2, 0) is 22.5 Å². The van der Waals surface area contributed by atoms with Gasteiger partial charge in [-0.25, -0.2) is 4.98 Å². The Balaban J connectivity index is 1.69. The van der Waals surface area contributed by atoms with Gasteiger partial charge in [0, 0.05) is 42.7 Å². The van der Waals surface area contributed by atoms with E-state index in [9.17, 15) is 4.79 Å². The summed E-state index contributed by atoms with van der Waals surface area (Å²) in [5.74, 6) is 0.00372. The second-order valence-corrected chi connectivity index (χ2v) is 7.70. The molecule has 1 aromatic heterocycles. The number of carbonyl (C=O) groups is 1. The number of fused-ring (bicyclic) bond motifs is 1. The van der Waals surface area contributed by atoms with Gasteiger partial charge < -0.3 is 10.1 Å². The first-order valence-corrected chi connectivity index (χ1v) is 10.2. The molecule has 0 unspecified atom stereocenters. The number of nitrogens with one attached hydrogen (secondary N) is 1. The van der Waals surface area contributed by atoms with Crippen molar-refractivity contribution in [3.63, 3.8) is 0 Å². The first-order valence-electron chi connectivity index (χ1n) is 9.81. The van der Waals surface area contributed by atoms with Crippen LogP contribution < -0.4 is 5.32 Å². The largest absolute Gasteiger partial charge is 0.379 e. The van der Waals surface area contributed by atoms with Crippen molar-refractivity contribution in [3.8, 4) is 11.3 Å². The summed E-state index contributed by atoms with van der Waals surface area (Å²) in [5.41, 5.74) is 5.04. The van der Waals surface area contributed by atoms with E-state index >= 15 is 0 Å². The number of hydrogen-bond acceptors (Lipinski definition) is 4. The third kappa shape index (κ3) is 4.75. The van der Waals surface area contributed by atoms with Crippen molar-refractivity contribution in [3.05, 3.63) is 64.7 Å². The predicted molar refractivity (Wildman–Crippen MR) is 116 cm³/mol. The van der Waals surface area contributed by atoms with Crippen molar-refractivity contribution in [1.82, 2.24) is 15.2 Å². The van der Waals surface area contributed by atoms with Crippen LogP contribution in [0.3, 0.4) is 0 Å². The minimum Gasteiger partial charge on any atom is -0.379 e. The Morgan fingerprint density at radius 2 is 1.90 bits per heavy atom. The number of rotatable bonds is 5. The van der Waals surface area contributed by atoms with Crippen molar-refractivity contribution in [2.24, 2.45) is 0 Å². The zero-order valence-corrected chi connectivity index (χ0v) is 17.2. The third-order valence-corrected chi connectivity index (χ3v) is 5.48. The van der Waals surface area contributed by atoms with E-state index in [4.69, 9.17) is 21.3 Å². The van der Waals surface area contributed by atoms with Gasteiger partial charge >= 0.3 is 0 Å². The second kappa shape index (κ2) is 8.91. The zero-order chi connectivity index (χ0) is 20.2. The van der Waals surface area contributed by atoms with E-state index < -0.39 is 0 Å². The summed E-state index contributed by atoms with van der Waals surface area (Å²) >= 11 is 6.24. The van der Waals surface area contributed by atoms with Crippen LogP contribution >= 0.6 is 11.6 Å². The highest BCUT2D eigenvalue weighted by Crippen LogP contribution is 2.28. The number of pyridine rings is 1. The van der Waals surface area contributed by atoms with Gasteiger partial charge in [0.1, 0.15) is 0 Å². The molecule has 3 aromatic rings. The summed E-state index contributed by atoms with van der Waals surface area (Å²) in [6, 6.07) is 16.1. The van der Waals surface area contributed by atoms with Crippen LogP contribution in [0.25, 0.3) is 22.2 Å². The van der Waals surface area contributed by atoms with Gasteiger partial charge in [-0.15, -0.1) is 0 Å². The molecule has 0 bridgehead atoms. The Morgan fingerprint density at radius 3 is 2.62 bits per heavy atom. The Hall–Kier alpha value is -2.47. The van der Waals surface area contributed by atoms with Gasteiger partial charge in [0.2, 0.25) is 5.91 Å². The Bertz CT molecular complexity index is 1010. The van der Waals surface area contributed by atoms with Gasteiger partial charge in [-0.2, -0.15) is 0 Å². The van der Waals surface area contributed by atoms with E-state index in [1.807, 2.05) is 36.4 Å². The van der Waals surface area contributed by atoms with Crippen molar-refractivity contribution in [2.45, 2.75) is 13.0 Å². The number of morpholine rings is 1. The average Bonchev–Trinajstić information content (AvgIpc) is 2.74. The molecule has 0 atom stereocenters. The SMILES string of the molecule is CNC(=O)Cc1ccc(-c2cc(CN3CCOCC3)c3ccc(Cl)cc3n2)cc1. The summed E-state index contributed by atoms with van der Waals surface area (Å²) in [7, 11) is 1.65. The molecule has 6 heteroatoms. The van der Waals surface area contributed by atoms with Crippen molar-refractivity contribution in [1.29, 1.82) is 0 Å². The summed E-state index contributed by atoms with van der Waals surface area (Å²) in [4.78, 5) is 18.9. The molecular weight excluding hydrogens is 386 g/mol. The zero-order valence-electron chi connectivity index (χ0n) is 16.5. The fourth-order valence-electron chi connectivity index (χ4n) is 3.62. The van der Waals surface area contributed by atoms with E-state index in [1.54, 1.807) is 7.05 Å². The predicted octanol–water partition coefficient (Wildman–Crippen LogP) is 3.68. The molecular formula is C23H24ClN3O2. The van der Waals surface area contributed by atoms with Crippen molar-refractivity contribution < 1.29 is 9.53 Å².